The quantitative estimate of drug-likeness (QED) is 0.147. The Kier molecular flexibility index (Phi) is 27.4. The fraction of sp³-hybridized carbons (Fsp3) is 0.958. The normalized spacial score (nSPS) is 11.8. The maximum Gasteiger partial charge on any atom is 0.322 e. The van der Waals surface area contributed by atoms with E-state index < -0.39 is 6.04 Å². The molecule has 0 aliphatic carbocycles. The number of nitrogens with two attached hydrogens (primary N) is 2. The molecule has 0 saturated carbocycles. The summed E-state index contributed by atoms with van der Waals surface area (Å²) in [6.07, 6.45) is 24.1. The van der Waals surface area contributed by atoms with Crippen LogP contribution in [0, 0.1) is 0 Å². The molecular weight excluding hydrogens is 384 g/mol. The Labute approximate surface area is 187 Å². The molecule has 0 amide bonds. The molecule has 0 aliphatic rings. The minimum atomic E-state index is -0.479. The maximum atomic E-state index is 11.7. The van der Waals surface area contributed by atoms with Crippen molar-refractivity contribution >= 4 is 18.4 Å². The molecule has 1 unspecified atom stereocenters. The van der Waals surface area contributed by atoms with E-state index in [-0.39, 0.29) is 18.4 Å². The number of halogens is 1. The second-order valence-electron chi connectivity index (χ2n) is 8.36. The van der Waals surface area contributed by atoms with Crippen molar-refractivity contribution in [2.45, 2.75) is 135 Å². The van der Waals surface area contributed by atoms with Gasteiger partial charge in [-0.15, -0.1) is 12.4 Å². The fourth-order valence-corrected chi connectivity index (χ4v) is 3.56. The molecule has 0 spiro atoms. The predicted molar refractivity (Wildman–Crippen MR) is 129 cm³/mol. The van der Waals surface area contributed by atoms with Crippen LogP contribution in [0.1, 0.15) is 129 Å². The standard InChI is InChI=1S/C24H50N2O2.ClH/c1-2-3-4-5-6-7-8-9-10-11-12-13-14-15-16-19-22-28-24(27)23(26)20-17-18-21-25;/h23H,2-22,25-26H2,1H3;1H. The van der Waals surface area contributed by atoms with Crippen molar-refractivity contribution in [1.29, 1.82) is 0 Å². The van der Waals surface area contributed by atoms with E-state index in [0.717, 1.165) is 25.7 Å². The molecule has 0 aromatic heterocycles. The fourth-order valence-electron chi connectivity index (χ4n) is 3.56. The lowest BCUT2D eigenvalue weighted by atomic mass is 10.0. The zero-order valence-corrected chi connectivity index (χ0v) is 20.1. The van der Waals surface area contributed by atoms with Gasteiger partial charge in [-0.25, -0.2) is 0 Å². The molecule has 29 heavy (non-hydrogen) atoms. The second-order valence-corrected chi connectivity index (χ2v) is 8.36. The third-order valence-corrected chi connectivity index (χ3v) is 5.51. The van der Waals surface area contributed by atoms with Crippen molar-refractivity contribution in [2.75, 3.05) is 13.2 Å². The highest BCUT2D eigenvalue weighted by Crippen LogP contribution is 2.13. The average molecular weight is 435 g/mol. The molecule has 176 valence electrons. The van der Waals surface area contributed by atoms with Crippen molar-refractivity contribution in [3.8, 4) is 0 Å². The molecule has 0 fully saturated rings. The summed E-state index contributed by atoms with van der Waals surface area (Å²) in [7, 11) is 0. The number of hydrogen-bond acceptors (Lipinski definition) is 4. The van der Waals surface area contributed by atoms with Gasteiger partial charge in [0.15, 0.2) is 0 Å². The number of ether oxygens (including phenoxy) is 1. The van der Waals surface area contributed by atoms with E-state index in [2.05, 4.69) is 6.92 Å². The zero-order valence-electron chi connectivity index (χ0n) is 19.3. The van der Waals surface area contributed by atoms with Gasteiger partial charge in [-0.05, 0) is 25.8 Å². The lowest BCUT2D eigenvalue weighted by Gasteiger charge is -2.11. The monoisotopic (exact) mass is 434 g/mol. The van der Waals surface area contributed by atoms with Gasteiger partial charge in [0.1, 0.15) is 6.04 Å². The van der Waals surface area contributed by atoms with E-state index in [1.807, 2.05) is 0 Å². The molecule has 5 heteroatoms. The highest BCUT2D eigenvalue weighted by molar-refractivity contribution is 5.85. The van der Waals surface area contributed by atoms with Crippen LogP contribution in [0.5, 0.6) is 0 Å². The summed E-state index contributed by atoms with van der Waals surface area (Å²) in [6.45, 7) is 3.45. The largest absolute Gasteiger partial charge is 0.465 e. The van der Waals surface area contributed by atoms with Crippen molar-refractivity contribution in [2.24, 2.45) is 11.5 Å². The van der Waals surface area contributed by atoms with Gasteiger partial charge in [0.25, 0.3) is 0 Å². The molecule has 0 aromatic rings. The van der Waals surface area contributed by atoms with Gasteiger partial charge >= 0.3 is 5.97 Å². The van der Waals surface area contributed by atoms with E-state index in [0.29, 0.717) is 19.6 Å². The maximum absolute atomic E-state index is 11.7. The third kappa shape index (κ3) is 23.8. The van der Waals surface area contributed by atoms with Crippen LogP contribution < -0.4 is 11.5 Å². The van der Waals surface area contributed by atoms with Crippen LogP contribution in [0.2, 0.25) is 0 Å². The molecule has 0 aliphatic heterocycles. The highest BCUT2D eigenvalue weighted by atomic mass is 35.5. The Hall–Kier alpha value is -0.320. The summed E-state index contributed by atoms with van der Waals surface area (Å²) >= 11 is 0. The molecular formula is C24H51ClN2O2. The predicted octanol–water partition coefficient (Wildman–Crippen LogP) is 6.67. The lowest BCUT2D eigenvalue weighted by molar-refractivity contribution is -0.145. The topological polar surface area (TPSA) is 78.3 Å². The van der Waals surface area contributed by atoms with E-state index in [1.165, 1.54) is 89.9 Å². The minimum absolute atomic E-state index is 0. The van der Waals surface area contributed by atoms with Crippen molar-refractivity contribution in [3.05, 3.63) is 0 Å². The highest BCUT2D eigenvalue weighted by Gasteiger charge is 2.13. The molecule has 0 saturated heterocycles. The van der Waals surface area contributed by atoms with Crippen LogP contribution in [-0.4, -0.2) is 25.2 Å². The van der Waals surface area contributed by atoms with Crippen LogP contribution in [-0.2, 0) is 9.53 Å². The Morgan fingerprint density at radius 2 is 1.10 bits per heavy atom. The van der Waals surface area contributed by atoms with Gasteiger partial charge in [0.2, 0.25) is 0 Å². The van der Waals surface area contributed by atoms with E-state index >= 15 is 0 Å². The number of rotatable bonds is 22. The number of hydrogen-bond donors (Lipinski definition) is 2. The first-order valence-corrected chi connectivity index (χ1v) is 12.3. The van der Waals surface area contributed by atoms with Crippen LogP contribution in [0.4, 0.5) is 0 Å². The summed E-state index contributed by atoms with van der Waals surface area (Å²) in [5, 5.41) is 0. The number of esters is 1. The minimum Gasteiger partial charge on any atom is -0.465 e. The van der Waals surface area contributed by atoms with E-state index in [9.17, 15) is 4.79 Å². The van der Waals surface area contributed by atoms with Crippen LogP contribution >= 0.6 is 12.4 Å². The Morgan fingerprint density at radius 3 is 1.52 bits per heavy atom. The molecule has 0 rings (SSSR count). The SMILES string of the molecule is CCCCCCCCCCCCCCCCCCOC(=O)C(N)CCCCN.Cl. The summed E-state index contributed by atoms with van der Waals surface area (Å²) in [4.78, 5) is 11.7. The van der Waals surface area contributed by atoms with Gasteiger partial charge in [-0.1, -0.05) is 110 Å². The summed E-state index contributed by atoms with van der Waals surface area (Å²) in [6, 6.07) is -0.479. The van der Waals surface area contributed by atoms with E-state index in [4.69, 9.17) is 16.2 Å². The average Bonchev–Trinajstić information content (AvgIpc) is 2.70. The first-order valence-electron chi connectivity index (χ1n) is 12.3. The Bertz CT molecular complexity index is 330. The number of carbonyl (C=O) groups is 1. The Morgan fingerprint density at radius 1 is 0.690 bits per heavy atom. The van der Waals surface area contributed by atoms with Crippen molar-refractivity contribution in [3.63, 3.8) is 0 Å². The summed E-state index contributed by atoms with van der Waals surface area (Å²) < 4.78 is 5.26. The Balaban J connectivity index is 0. The van der Waals surface area contributed by atoms with Gasteiger partial charge in [0.05, 0.1) is 6.61 Å². The van der Waals surface area contributed by atoms with E-state index in [1.54, 1.807) is 0 Å². The smallest absolute Gasteiger partial charge is 0.322 e. The first kappa shape index (κ1) is 30.9. The van der Waals surface area contributed by atoms with Gasteiger partial charge in [0, 0.05) is 0 Å². The summed E-state index contributed by atoms with van der Waals surface area (Å²) in [5.74, 6) is -0.252. The van der Waals surface area contributed by atoms with Crippen LogP contribution in [0.15, 0.2) is 0 Å². The zero-order chi connectivity index (χ0) is 20.7. The van der Waals surface area contributed by atoms with Crippen LogP contribution in [0.3, 0.4) is 0 Å². The van der Waals surface area contributed by atoms with Gasteiger partial charge < -0.3 is 16.2 Å². The molecule has 4 N–H and O–H groups in total. The lowest BCUT2D eigenvalue weighted by Crippen LogP contribution is -2.32. The van der Waals surface area contributed by atoms with Crippen molar-refractivity contribution in [1.82, 2.24) is 0 Å². The van der Waals surface area contributed by atoms with Crippen molar-refractivity contribution < 1.29 is 9.53 Å². The first-order chi connectivity index (χ1) is 13.7. The van der Waals surface area contributed by atoms with Gasteiger partial charge in [-0.2, -0.15) is 0 Å². The molecule has 0 bridgehead atoms. The molecule has 0 heterocycles. The molecule has 1 atom stereocenters. The third-order valence-electron chi connectivity index (χ3n) is 5.51. The number of carbonyl (C=O) groups excluding carboxylic acids is 1. The number of unbranched alkanes of at least 4 members (excludes halogenated alkanes) is 16. The second kappa shape index (κ2) is 25.7. The molecule has 0 aromatic carbocycles. The molecule has 4 nitrogen and oxygen atoms in total. The van der Waals surface area contributed by atoms with Gasteiger partial charge in [-0.3, -0.25) is 4.79 Å². The summed E-state index contributed by atoms with van der Waals surface area (Å²) in [5.41, 5.74) is 11.3. The van der Waals surface area contributed by atoms with Crippen LogP contribution in [0.25, 0.3) is 0 Å². The molecule has 0 radical (unpaired) electrons.